The maximum absolute atomic E-state index is 10.1. The van der Waals surface area contributed by atoms with Crippen molar-refractivity contribution in [1.82, 2.24) is 0 Å². The Morgan fingerprint density at radius 2 is 2.38 bits per heavy atom. The van der Waals surface area contributed by atoms with Crippen LogP contribution in [0.25, 0.3) is 0 Å². The van der Waals surface area contributed by atoms with Gasteiger partial charge in [-0.2, -0.15) is 0 Å². The van der Waals surface area contributed by atoms with E-state index in [1.807, 2.05) is 0 Å². The lowest BCUT2D eigenvalue weighted by molar-refractivity contribution is 0.265. The lowest BCUT2D eigenvalue weighted by Crippen LogP contribution is -2.16. The predicted octanol–water partition coefficient (Wildman–Crippen LogP) is 0.745. The third kappa shape index (κ3) is 6.26. The quantitative estimate of drug-likeness (QED) is 0.326. The van der Waals surface area contributed by atoms with Gasteiger partial charge >= 0.3 is 0 Å². The molecular formula is C4H9BINO. The summed E-state index contributed by atoms with van der Waals surface area (Å²) in [5.41, 5.74) is 4.89. The molecule has 0 saturated carbocycles. The summed E-state index contributed by atoms with van der Waals surface area (Å²) in [4.78, 5) is 10.1. The summed E-state index contributed by atoms with van der Waals surface area (Å²) in [6.45, 7) is 0. The molecule has 0 saturated heterocycles. The highest BCUT2D eigenvalue weighted by molar-refractivity contribution is 14.1. The van der Waals surface area contributed by atoms with Gasteiger partial charge in [-0.3, -0.25) is 4.79 Å². The maximum Gasteiger partial charge on any atom is 0.233 e. The third-order valence-corrected chi connectivity index (χ3v) is 1.57. The first-order chi connectivity index (χ1) is 3.77. The van der Waals surface area contributed by atoms with Crippen molar-refractivity contribution in [3.8, 4) is 0 Å². The van der Waals surface area contributed by atoms with Gasteiger partial charge in [-0.05, 0) is 4.43 Å². The monoisotopic (exact) mass is 225 g/mol. The molecule has 0 heterocycles. The fraction of sp³-hybridized carbons (Fsp3) is 0.750. The smallest absolute Gasteiger partial charge is 0.233 e. The van der Waals surface area contributed by atoms with E-state index in [9.17, 15) is 4.79 Å². The second-order valence-corrected chi connectivity index (χ2v) is 2.69. The molecule has 0 aromatic heterocycles. The SMILES string of the molecule is NC(=O)BCCCI. The maximum atomic E-state index is 10.1. The van der Waals surface area contributed by atoms with E-state index in [0.717, 1.165) is 17.2 Å². The van der Waals surface area contributed by atoms with Crippen molar-refractivity contribution in [2.24, 2.45) is 5.73 Å². The fourth-order valence-electron chi connectivity index (χ4n) is 0.394. The number of hydrogen-bond acceptors (Lipinski definition) is 1. The van der Waals surface area contributed by atoms with E-state index in [-0.39, 0.29) is 5.81 Å². The Morgan fingerprint density at radius 1 is 1.75 bits per heavy atom. The standard InChI is InChI=1S/C4H9BINO/c6-3-1-2-5-4(7)8/h5H,1-3H2,(H2,7,8). The Bertz CT molecular complexity index is 78.4. The molecule has 2 N–H and O–H groups in total. The van der Waals surface area contributed by atoms with Crippen molar-refractivity contribution < 1.29 is 4.79 Å². The van der Waals surface area contributed by atoms with Crippen LogP contribution in [0.1, 0.15) is 6.42 Å². The zero-order valence-corrected chi connectivity index (χ0v) is 6.85. The zero-order valence-electron chi connectivity index (χ0n) is 4.69. The Balaban J connectivity index is 2.82. The number of rotatable bonds is 4. The molecule has 1 amide bonds. The molecule has 0 bridgehead atoms. The van der Waals surface area contributed by atoms with Crippen LogP contribution in [-0.4, -0.2) is 17.5 Å². The van der Waals surface area contributed by atoms with Crippen LogP contribution in [0.3, 0.4) is 0 Å². The van der Waals surface area contributed by atoms with E-state index < -0.39 is 0 Å². The molecule has 0 aliphatic carbocycles. The number of amides is 1. The van der Waals surface area contributed by atoms with Gasteiger partial charge in [-0.25, -0.2) is 0 Å². The molecule has 0 fully saturated rings. The Morgan fingerprint density at radius 3 is 2.75 bits per heavy atom. The molecule has 0 spiro atoms. The van der Waals surface area contributed by atoms with E-state index in [1.54, 1.807) is 0 Å². The van der Waals surface area contributed by atoms with Crippen molar-refractivity contribution in [2.45, 2.75) is 12.7 Å². The van der Waals surface area contributed by atoms with E-state index in [4.69, 9.17) is 5.73 Å². The van der Waals surface area contributed by atoms with Gasteiger partial charge in [0.2, 0.25) is 7.28 Å². The van der Waals surface area contributed by atoms with Crippen molar-refractivity contribution in [1.29, 1.82) is 0 Å². The molecule has 8 heavy (non-hydrogen) atoms. The highest BCUT2D eigenvalue weighted by Crippen LogP contribution is 1.92. The van der Waals surface area contributed by atoms with Gasteiger partial charge in [0.1, 0.15) is 0 Å². The van der Waals surface area contributed by atoms with Gasteiger partial charge in [0, 0.05) is 0 Å². The van der Waals surface area contributed by atoms with Crippen molar-refractivity contribution in [3.05, 3.63) is 0 Å². The van der Waals surface area contributed by atoms with Gasteiger partial charge in [0.05, 0.1) is 0 Å². The van der Waals surface area contributed by atoms with Gasteiger partial charge in [0.25, 0.3) is 0 Å². The minimum atomic E-state index is -0.185. The lowest BCUT2D eigenvalue weighted by Gasteiger charge is -1.87. The second-order valence-electron chi connectivity index (χ2n) is 1.61. The minimum absolute atomic E-state index is 0.185. The van der Waals surface area contributed by atoms with Crippen molar-refractivity contribution >= 4 is 35.7 Å². The number of nitrogens with two attached hydrogens (primary N) is 1. The Labute approximate surface area is 63.6 Å². The van der Waals surface area contributed by atoms with E-state index in [0.29, 0.717) is 7.28 Å². The van der Waals surface area contributed by atoms with Crippen LogP contribution in [0.4, 0.5) is 4.79 Å². The summed E-state index contributed by atoms with van der Waals surface area (Å²) in [5, 5.41) is 0. The molecule has 0 radical (unpaired) electrons. The van der Waals surface area contributed by atoms with Gasteiger partial charge in [-0.1, -0.05) is 35.3 Å². The minimum Gasteiger partial charge on any atom is -0.379 e. The average Bonchev–Trinajstić information content (AvgIpc) is 1.66. The molecule has 0 atom stereocenters. The highest BCUT2D eigenvalue weighted by atomic mass is 127. The first-order valence-electron chi connectivity index (χ1n) is 2.61. The Hall–Kier alpha value is 0.265. The number of hydrogen-bond donors (Lipinski definition) is 1. The molecule has 4 heteroatoms. The number of halogens is 1. The number of carbonyl (C=O) groups is 1. The second kappa shape index (κ2) is 5.40. The highest BCUT2D eigenvalue weighted by Gasteiger charge is 1.94. The average molecular weight is 225 g/mol. The van der Waals surface area contributed by atoms with E-state index in [2.05, 4.69) is 22.6 Å². The number of primary amides is 1. The molecule has 2 nitrogen and oxygen atoms in total. The first kappa shape index (κ1) is 8.26. The van der Waals surface area contributed by atoms with Gasteiger partial charge in [0.15, 0.2) is 5.81 Å². The summed E-state index contributed by atoms with van der Waals surface area (Å²) in [6, 6.07) is 0. The third-order valence-electron chi connectivity index (χ3n) is 0.807. The number of alkyl halides is 1. The molecule has 0 rings (SSSR count). The fourth-order valence-corrected chi connectivity index (χ4v) is 0.933. The van der Waals surface area contributed by atoms with Crippen molar-refractivity contribution in [2.75, 3.05) is 4.43 Å². The molecule has 0 aromatic rings. The molecule has 46 valence electrons. The first-order valence-corrected chi connectivity index (χ1v) is 4.14. The summed E-state index contributed by atoms with van der Waals surface area (Å²) in [6.07, 6.45) is 2.04. The normalized spacial score (nSPS) is 8.62. The molecule has 0 unspecified atom stereocenters. The molecular weight excluding hydrogens is 216 g/mol. The van der Waals surface area contributed by atoms with Crippen LogP contribution in [0.15, 0.2) is 0 Å². The molecule has 0 aromatic carbocycles. The summed E-state index contributed by atoms with van der Waals surface area (Å²) in [7, 11) is 0.545. The Kier molecular flexibility index (Phi) is 5.58. The van der Waals surface area contributed by atoms with Crippen LogP contribution >= 0.6 is 22.6 Å². The van der Waals surface area contributed by atoms with Gasteiger partial charge in [-0.15, -0.1) is 0 Å². The summed E-state index contributed by atoms with van der Waals surface area (Å²) >= 11 is 2.28. The molecule has 0 aliphatic heterocycles. The van der Waals surface area contributed by atoms with Crippen LogP contribution in [0.5, 0.6) is 0 Å². The summed E-state index contributed by atoms with van der Waals surface area (Å²) < 4.78 is 1.12. The largest absolute Gasteiger partial charge is 0.379 e. The lowest BCUT2D eigenvalue weighted by atomic mass is 9.73. The van der Waals surface area contributed by atoms with Crippen LogP contribution < -0.4 is 5.73 Å². The topological polar surface area (TPSA) is 43.1 Å². The van der Waals surface area contributed by atoms with Gasteiger partial charge < -0.3 is 5.73 Å². The zero-order chi connectivity index (χ0) is 6.41. The predicted molar refractivity (Wildman–Crippen MR) is 45.0 cm³/mol. The van der Waals surface area contributed by atoms with Crippen LogP contribution in [0.2, 0.25) is 6.32 Å². The van der Waals surface area contributed by atoms with Crippen LogP contribution in [-0.2, 0) is 0 Å². The van der Waals surface area contributed by atoms with E-state index in [1.165, 1.54) is 0 Å². The van der Waals surface area contributed by atoms with Crippen LogP contribution in [0, 0.1) is 0 Å². The summed E-state index contributed by atoms with van der Waals surface area (Å²) in [5.74, 6) is -0.185. The molecule has 0 aliphatic rings. The number of carbonyl (C=O) groups excluding carboxylic acids is 1. The van der Waals surface area contributed by atoms with E-state index >= 15 is 0 Å². The van der Waals surface area contributed by atoms with Crippen molar-refractivity contribution in [3.63, 3.8) is 0 Å².